The summed E-state index contributed by atoms with van der Waals surface area (Å²) >= 11 is 10.6. The van der Waals surface area contributed by atoms with Gasteiger partial charge < -0.3 is 4.90 Å². The van der Waals surface area contributed by atoms with Crippen LogP contribution >= 0.6 is 38.9 Å². The Kier molecular flexibility index (Phi) is 7.25. The van der Waals surface area contributed by atoms with Gasteiger partial charge in [-0.2, -0.15) is 0 Å². The number of halogens is 2. The SMILES string of the molecule is C=CCN(Cc1ccc(Cl)s1)C(=O)CS(=O)(=O)Cc1cccc(Br)c1. The average Bonchev–Trinajstić information content (AvgIpc) is 2.91. The Hall–Kier alpha value is -1.15. The van der Waals surface area contributed by atoms with Gasteiger partial charge in [0.05, 0.1) is 16.6 Å². The van der Waals surface area contributed by atoms with Crippen LogP contribution < -0.4 is 0 Å². The van der Waals surface area contributed by atoms with Crippen molar-refractivity contribution in [2.45, 2.75) is 12.3 Å². The molecule has 0 saturated carbocycles. The van der Waals surface area contributed by atoms with E-state index in [-0.39, 0.29) is 12.3 Å². The van der Waals surface area contributed by atoms with Gasteiger partial charge in [0.15, 0.2) is 9.84 Å². The summed E-state index contributed by atoms with van der Waals surface area (Å²) in [5, 5.41) is 0. The van der Waals surface area contributed by atoms with Gasteiger partial charge in [-0.05, 0) is 29.8 Å². The lowest BCUT2D eigenvalue weighted by Crippen LogP contribution is -2.35. The number of thiophene rings is 1. The van der Waals surface area contributed by atoms with E-state index in [1.54, 1.807) is 30.3 Å². The quantitative estimate of drug-likeness (QED) is 0.550. The van der Waals surface area contributed by atoms with E-state index in [1.165, 1.54) is 16.2 Å². The molecule has 0 radical (unpaired) electrons. The van der Waals surface area contributed by atoms with Crippen LogP contribution in [-0.4, -0.2) is 31.5 Å². The fourth-order valence-corrected chi connectivity index (χ4v) is 5.14. The maximum absolute atomic E-state index is 12.5. The highest BCUT2D eigenvalue weighted by Gasteiger charge is 2.22. The van der Waals surface area contributed by atoms with Crippen LogP contribution in [0.4, 0.5) is 0 Å². The van der Waals surface area contributed by atoms with Crippen molar-refractivity contribution in [2.24, 2.45) is 0 Å². The van der Waals surface area contributed by atoms with Crippen LogP contribution in [0.2, 0.25) is 4.34 Å². The molecular weight excluding hydrogens is 446 g/mol. The third kappa shape index (κ3) is 6.58. The number of hydrogen-bond acceptors (Lipinski definition) is 4. The molecule has 0 atom stereocenters. The summed E-state index contributed by atoms with van der Waals surface area (Å²) in [5.41, 5.74) is 0.641. The van der Waals surface area contributed by atoms with Gasteiger partial charge in [0.2, 0.25) is 5.91 Å². The van der Waals surface area contributed by atoms with Crippen LogP contribution in [0.15, 0.2) is 53.5 Å². The van der Waals surface area contributed by atoms with Crippen LogP contribution in [0.3, 0.4) is 0 Å². The Morgan fingerprint density at radius 1 is 1.32 bits per heavy atom. The first-order valence-corrected chi connectivity index (χ1v) is 11.2. The van der Waals surface area contributed by atoms with Gasteiger partial charge in [-0.3, -0.25) is 4.79 Å². The number of carbonyl (C=O) groups excluding carboxylic acids is 1. The molecule has 0 bridgehead atoms. The Morgan fingerprint density at radius 2 is 2.08 bits per heavy atom. The third-order valence-electron chi connectivity index (χ3n) is 3.30. The van der Waals surface area contributed by atoms with Crippen molar-refractivity contribution in [1.82, 2.24) is 4.90 Å². The highest BCUT2D eigenvalue weighted by atomic mass is 79.9. The minimum absolute atomic E-state index is 0.176. The Labute approximate surface area is 165 Å². The minimum Gasteiger partial charge on any atom is -0.333 e. The molecule has 2 aromatic rings. The fourth-order valence-electron chi connectivity index (χ4n) is 2.25. The van der Waals surface area contributed by atoms with E-state index in [0.717, 1.165) is 9.35 Å². The summed E-state index contributed by atoms with van der Waals surface area (Å²) in [6, 6.07) is 10.6. The molecule has 0 N–H and O–H groups in total. The van der Waals surface area contributed by atoms with Crippen molar-refractivity contribution >= 4 is 54.6 Å². The number of amides is 1. The molecule has 25 heavy (non-hydrogen) atoms. The molecule has 0 aliphatic carbocycles. The second-order valence-electron chi connectivity index (χ2n) is 5.43. The lowest BCUT2D eigenvalue weighted by atomic mass is 10.2. The van der Waals surface area contributed by atoms with Crippen molar-refractivity contribution in [3.05, 3.63) is 68.3 Å². The molecule has 2 rings (SSSR count). The first kappa shape index (κ1) is 20.2. The van der Waals surface area contributed by atoms with Gasteiger partial charge in [0.25, 0.3) is 0 Å². The van der Waals surface area contributed by atoms with E-state index in [4.69, 9.17) is 11.6 Å². The topological polar surface area (TPSA) is 54.5 Å². The Morgan fingerprint density at radius 3 is 2.68 bits per heavy atom. The lowest BCUT2D eigenvalue weighted by Gasteiger charge is -2.20. The smallest absolute Gasteiger partial charge is 0.238 e. The van der Waals surface area contributed by atoms with Crippen LogP contribution in [0.5, 0.6) is 0 Å². The van der Waals surface area contributed by atoms with Gasteiger partial charge in [0, 0.05) is 15.9 Å². The van der Waals surface area contributed by atoms with Crippen LogP contribution in [0.1, 0.15) is 10.4 Å². The molecule has 0 saturated heterocycles. The number of sulfone groups is 1. The largest absolute Gasteiger partial charge is 0.333 e. The predicted molar refractivity (Wildman–Crippen MR) is 107 cm³/mol. The van der Waals surface area contributed by atoms with Crippen LogP contribution in [-0.2, 0) is 26.9 Å². The van der Waals surface area contributed by atoms with Crippen LogP contribution in [0, 0.1) is 0 Å². The second-order valence-corrected chi connectivity index (χ2v) is 10.2. The van der Waals surface area contributed by atoms with Crippen LogP contribution in [0.25, 0.3) is 0 Å². The maximum Gasteiger partial charge on any atom is 0.238 e. The molecule has 1 heterocycles. The number of carbonyl (C=O) groups is 1. The lowest BCUT2D eigenvalue weighted by molar-refractivity contribution is -0.128. The average molecular weight is 463 g/mol. The van der Waals surface area contributed by atoms with Gasteiger partial charge in [-0.25, -0.2) is 8.42 Å². The number of benzene rings is 1. The van der Waals surface area contributed by atoms with E-state index in [9.17, 15) is 13.2 Å². The molecule has 0 spiro atoms. The predicted octanol–water partition coefficient (Wildman–Crippen LogP) is 4.29. The Bertz CT molecular complexity index is 864. The number of rotatable bonds is 8. The fraction of sp³-hybridized carbons (Fsp3) is 0.235. The van der Waals surface area contributed by atoms with Gasteiger partial charge in [-0.15, -0.1) is 17.9 Å². The van der Waals surface area contributed by atoms with E-state index >= 15 is 0 Å². The highest BCUT2D eigenvalue weighted by molar-refractivity contribution is 9.10. The summed E-state index contributed by atoms with van der Waals surface area (Å²) in [6.07, 6.45) is 1.58. The van der Waals surface area contributed by atoms with Crippen molar-refractivity contribution in [1.29, 1.82) is 0 Å². The van der Waals surface area contributed by atoms with Crippen molar-refractivity contribution < 1.29 is 13.2 Å². The van der Waals surface area contributed by atoms with Gasteiger partial charge in [-0.1, -0.05) is 45.7 Å². The number of hydrogen-bond donors (Lipinski definition) is 0. The zero-order valence-electron chi connectivity index (χ0n) is 13.3. The van der Waals surface area contributed by atoms with E-state index in [1.807, 2.05) is 12.1 Å². The van der Waals surface area contributed by atoms with Gasteiger partial charge in [0.1, 0.15) is 5.75 Å². The molecule has 134 valence electrons. The minimum atomic E-state index is -3.57. The molecule has 4 nitrogen and oxygen atoms in total. The normalized spacial score (nSPS) is 11.3. The third-order valence-corrected chi connectivity index (χ3v) is 6.47. The van der Waals surface area contributed by atoms with E-state index < -0.39 is 21.5 Å². The van der Waals surface area contributed by atoms with Crippen molar-refractivity contribution in [3.63, 3.8) is 0 Å². The number of nitrogens with zero attached hydrogens (tertiary/aromatic N) is 1. The summed E-state index contributed by atoms with van der Waals surface area (Å²) in [4.78, 5) is 14.8. The van der Waals surface area contributed by atoms with Crippen molar-refractivity contribution in [3.8, 4) is 0 Å². The molecule has 0 unspecified atom stereocenters. The molecular formula is C17H17BrClNO3S2. The highest BCUT2D eigenvalue weighted by Crippen LogP contribution is 2.23. The van der Waals surface area contributed by atoms with Crippen molar-refractivity contribution in [2.75, 3.05) is 12.3 Å². The summed E-state index contributed by atoms with van der Waals surface area (Å²) < 4.78 is 26.2. The molecule has 0 aliphatic heterocycles. The zero-order chi connectivity index (χ0) is 18.4. The summed E-state index contributed by atoms with van der Waals surface area (Å²) in [6.45, 7) is 4.23. The molecule has 8 heteroatoms. The maximum atomic E-state index is 12.5. The summed E-state index contributed by atoms with van der Waals surface area (Å²) in [5.74, 6) is -1.16. The Balaban J connectivity index is 2.06. The molecule has 0 aliphatic rings. The van der Waals surface area contributed by atoms with E-state index in [0.29, 0.717) is 16.4 Å². The molecule has 1 aromatic heterocycles. The zero-order valence-corrected chi connectivity index (χ0v) is 17.3. The first-order valence-electron chi connectivity index (χ1n) is 7.37. The molecule has 0 fully saturated rings. The molecule has 1 aromatic carbocycles. The second kappa shape index (κ2) is 8.98. The molecule has 1 amide bonds. The first-order chi connectivity index (χ1) is 11.8. The van der Waals surface area contributed by atoms with Gasteiger partial charge >= 0.3 is 0 Å². The monoisotopic (exact) mass is 461 g/mol. The standard InChI is InChI=1S/C17H17BrClNO3S2/c1-2-8-20(10-15-6-7-16(19)24-15)17(21)12-25(22,23)11-13-4-3-5-14(18)9-13/h2-7,9H,1,8,10-12H2. The van der Waals surface area contributed by atoms with E-state index in [2.05, 4.69) is 22.5 Å². The summed E-state index contributed by atoms with van der Waals surface area (Å²) in [7, 11) is -3.57.